The zero-order chi connectivity index (χ0) is 21.9. The van der Waals surface area contributed by atoms with E-state index >= 15 is 0 Å². The molecule has 0 fully saturated rings. The minimum atomic E-state index is -1.14. The van der Waals surface area contributed by atoms with Gasteiger partial charge in [-0.15, -0.1) is 0 Å². The number of ether oxygens (including phenoxy) is 1. The molecule has 2 aromatic carbocycles. The Balaban J connectivity index is 2.51. The maximum absolute atomic E-state index is 12.8. The summed E-state index contributed by atoms with van der Waals surface area (Å²) in [6.07, 6.45) is -0.486. The van der Waals surface area contributed by atoms with Crippen LogP contribution in [0, 0.1) is 0 Å². The highest BCUT2D eigenvalue weighted by atomic mass is 16.5. The molecule has 1 N–H and O–H groups in total. The average molecular weight is 397 g/mol. The highest BCUT2D eigenvalue weighted by Crippen LogP contribution is 2.37. The van der Waals surface area contributed by atoms with E-state index in [0.717, 1.165) is 5.56 Å². The van der Waals surface area contributed by atoms with Crippen molar-refractivity contribution in [1.29, 1.82) is 0 Å². The summed E-state index contributed by atoms with van der Waals surface area (Å²) in [5, 5.41) is 9.37. The lowest BCUT2D eigenvalue weighted by atomic mass is 9.82. The molecule has 2 rings (SSSR count). The molecule has 0 aliphatic heterocycles. The third kappa shape index (κ3) is 5.06. The monoisotopic (exact) mass is 396 g/mol. The molecular formula is C25H32O4. The smallest absolute Gasteiger partial charge is 0.339 e. The topological polar surface area (TPSA) is 63.6 Å². The lowest BCUT2D eigenvalue weighted by Crippen LogP contribution is -2.17. The van der Waals surface area contributed by atoms with Crippen molar-refractivity contribution in [3.63, 3.8) is 0 Å². The van der Waals surface area contributed by atoms with Crippen LogP contribution in [-0.2, 0) is 4.74 Å². The van der Waals surface area contributed by atoms with E-state index in [9.17, 15) is 14.7 Å². The van der Waals surface area contributed by atoms with Crippen LogP contribution in [0.4, 0.5) is 0 Å². The first kappa shape index (κ1) is 22.7. The molecule has 0 saturated carbocycles. The Morgan fingerprint density at radius 3 is 1.69 bits per heavy atom. The number of carbonyl (C=O) groups excluding carboxylic acids is 1. The molecule has 0 aliphatic rings. The highest BCUT2D eigenvalue weighted by molar-refractivity contribution is 6.02. The van der Waals surface area contributed by atoms with E-state index in [1.807, 2.05) is 6.92 Å². The van der Waals surface area contributed by atoms with Gasteiger partial charge in [-0.05, 0) is 59.1 Å². The van der Waals surface area contributed by atoms with Crippen molar-refractivity contribution in [2.75, 3.05) is 0 Å². The predicted molar refractivity (Wildman–Crippen MR) is 116 cm³/mol. The Labute approximate surface area is 173 Å². The minimum absolute atomic E-state index is 0.0481. The summed E-state index contributed by atoms with van der Waals surface area (Å²) in [6, 6.07) is 10.6. The van der Waals surface area contributed by atoms with Crippen LogP contribution in [0.3, 0.4) is 0 Å². The second-order valence-corrected chi connectivity index (χ2v) is 8.48. The number of esters is 1. The standard InChI is InChI=1S/C25H32O4/c1-14(2)18-12-21(15(3)4)23(22(13-18)16(5)6)17(7)29-25(28)20-11-9-8-10-19(20)24(26)27/h8-17H,1-7H3,(H,26,27). The van der Waals surface area contributed by atoms with Crippen LogP contribution in [0.25, 0.3) is 0 Å². The van der Waals surface area contributed by atoms with E-state index in [-0.39, 0.29) is 23.0 Å². The Bertz CT molecular complexity index is 864. The molecule has 0 bridgehead atoms. The molecule has 1 unspecified atom stereocenters. The summed E-state index contributed by atoms with van der Waals surface area (Å²) in [5.41, 5.74) is 4.67. The van der Waals surface area contributed by atoms with Crippen LogP contribution in [0.2, 0.25) is 0 Å². The summed E-state index contributed by atoms with van der Waals surface area (Å²) in [4.78, 5) is 24.3. The van der Waals surface area contributed by atoms with Crippen LogP contribution in [0.1, 0.15) is 115 Å². The fourth-order valence-corrected chi connectivity index (χ4v) is 3.61. The van der Waals surface area contributed by atoms with Gasteiger partial charge in [0.15, 0.2) is 0 Å². The molecule has 0 spiro atoms. The molecular weight excluding hydrogens is 364 g/mol. The Morgan fingerprint density at radius 2 is 1.28 bits per heavy atom. The number of carboxylic acid groups (broad SMARTS) is 1. The van der Waals surface area contributed by atoms with Crippen LogP contribution >= 0.6 is 0 Å². The molecule has 4 nitrogen and oxygen atoms in total. The number of rotatable bonds is 7. The van der Waals surface area contributed by atoms with Gasteiger partial charge in [0.1, 0.15) is 6.10 Å². The summed E-state index contributed by atoms with van der Waals surface area (Å²) < 4.78 is 5.79. The number of carbonyl (C=O) groups is 2. The number of aromatic carboxylic acids is 1. The Morgan fingerprint density at radius 1 is 0.793 bits per heavy atom. The normalized spacial score (nSPS) is 12.5. The van der Waals surface area contributed by atoms with Crippen molar-refractivity contribution in [3.8, 4) is 0 Å². The van der Waals surface area contributed by atoms with Gasteiger partial charge in [0, 0.05) is 0 Å². The molecule has 0 heterocycles. The first-order valence-electron chi connectivity index (χ1n) is 10.2. The molecule has 156 valence electrons. The molecule has 0 saturated heterocycles. The predicted octanol–water partition coefficient (Wildman–Crippen LogP) is 6.67. The number of benzene rings is 2. The number of carboxylic acids is 1. The van der Waals surface area contributed by atoms with Crippen LogP contribution in [0.15, 0.2) is 36.4 Å². The molecule has 0 radical (unpaired) electrons. The van der Waals surface area contributed by atoms with Gasteiger partial charge >= 0.3 is 11.9 Å². The molecule has 29 heavy (non-hydrogen) atoms. The fraction of sp³-hybridized carbons (Fsp3) is 0.440. The number of hydrogen-bond donors (Lipinski definition) is 1. The third-order valence-corrected chi connectivity index (χ3v) is 5.24. The SMILES string of the molecule is CC(C)c1cc(C(C)C)c(C(C)OC(=O)c2ccccc2C(=O)O)c(C(C)C)c1. The molecule has 1 atom stereocenters. The summed E-state index contributed by atoms with van der Waals surface area (Å²) in [5.74, 6) is -0.813. The summed E-state index contributed by atoms with van der Waals surface area (Å²) >= 11 is 0. The van der Waals surface area contributed by atoms with E-state index < -0.39 is 18.0 Å². The van der Waals surface area contributed by atoms with Gasteiger partial charge in [-0.25, -0.2) is 9.59 Å². The van der Waals surface area contributed by atoms with Gasteiger partial charge in [-0.2, -0.15) is 0 Å². The molecule has 0 aliphatic carbocycles. The third-order valence-electron chi connectivity index (χ3n) is 5.24. The molecule has 0 aromatic heterocycles. The lowest BCUT2D eigenvalue weighted by molar-refractivity contribution is 0.0327. The maximum Gasteiger partial charge on any atom is 0.339 e. The second kappa shape index (κ2) is 9.25. The molecule has 4 heteroatoms. The van der Waals surface area contributed by atoms with Gasteiger partial charge in [-0.1, -0.05) is 65.8 Å². The Hall–Kier alpha value is -2.62. The van der Waals surface area contributed by atoms with E-state index in [1.165, 1.54) is 28.8 Å². The van der Waals surface area contributed by atoms with Crippen molar-refractivity contribution in [3.05, 3.63) is 69.8 Å². The average Bonchev–Trinajstić information content (AvgIpc) is 2.66. The Kier molecular flexibility index (Phi) is 7.23. The largest absolute Gasteiger partial charge is 0.478 e. The quantitative estimate of drug-likeness (QED) is 0.531. The van der Waals surface area contributed by atoms with Crippen LogP contribution < -0.4 is 0 Å². The molecule has 2 aromatic rings. The van der Waals surface area contributed by atoms with Crippen molar-refractivity contribution >= 4 is 11.9 Å². The summed E-state index contributed by atoms with van der Waals surface area (Å²) in [7, 11) is 0. The zero-order valence-electron chi connectivity index (χ0n) is 18.4. The highest BCUT2D eigenvalue weighted by Gasteiger charge is 2.25. The van der Waals surface area contributed by atoms with E-state index in [2.05, 4.69) is 53.7 Å². The van der Waals surface area contributed by atoms with Gasteiger partial charge in [-0.3, -0.25) is 0 Å². The maximum atomic E-state index is 12.8. The molecule has 0 amide bonds. The van der Waals surface area contributed by atoms with Gasteiger partial charge < -0.3 is 9.84 Å². The number of hydrogen-bond acceptors (Lipinski definition) is 3. The van der Waals surface area contributed by atoms with Crippen molar-refractivity contribution in [2.45, 2.75) is 72.3 Å². The van der Waals surface area contributed by atoms with Crippen molar-refractivity contribution in [2.24, 2.45) is 0 Å². The van der Waals surface area contributed by atoms with E-state index in [0.29, 0.717) is 5.92 Å². The van der Waals surface area contributed by atoms with E-state index in [1.54, 1.807) is 12.1 Å². The fourth-order valence-electron chi connectivity index (χ4n) is 3.61. The van der Waals surface area contributed by atoms with Gasteiger partial charge in [0.2, 0.25) is 0 Å². The first-order valence-corrected chi connectivity index (χ1v) is 10.2. The zero-order valence-corrected chi connectivity index (χ0v) is 18.4. The first-order chi connectivity index (χ1) is 13.5. The minimum Gasteiger partial charge on any atom is -0.478 e. The van der Waals surface area contributed by atoms with Crippen molar-refractivity contribution < 1.29 is 19.4 Å². The lowest BCUT2D eigenvalue weighted by Gasteiger charge is -2.26. The van der Waals surface area contributed by atoms with Crippen molar-refractivity contribution in [1.82, 2.24) is 0 Å². The van der Waals surface area contributed by atoms with Gasteiger partial charge in [0.05, 0.1) is 11.1 Å². The summed E-state index contributed by atoms with van der Waals surface area (Å²) in [6.45, 7) is 14.8. The van der Waals surface area contributed by atoms with E-state index in [4.69, 9.17) is 4.74 Å². The van der Waals surface area contributed by atoms with Crippen LogP contribution in [-0.4, -0.2) is 17.0 Å². The van der Waals surface area contributed by atoms with Crippen LogP contribution in [0.5, 0.6) is 0 Å². The van der Waals surface area contributed by atoms with Gasteiger partial charge in [0.25, 0.3) is 0 Å². The second-order valence-electron chi connectivity index (χ2n) is 8.48.